The van der Waals surface area contributed by atoms with Crippen LogP contribution in [0, 0.1) is 0 Å². The van der Waals surface area contributed by atoms with Crippen LogP contribution in [-0.4, -0.2) is 11.2 Å². The first-order valence-electron chi connectivity index (χ1n) is 5.97. The van der Waals surface area contributed by atoms with E-state index in [0.29, 0.717) is 16.9 Å². The van der Waals surface area contributed by atoms with E-state index in [9.17, 15) is 4.79 Å². The van der Waals surface area contributed by atoms with Gasteiger partial charge in [-0.3, -0.25) is 5.32 Å². The largest absolute Gasteiger partial charge is 0.422 e. The molecule has 0 bridgehead atoms. The second-order valence-corrected chi connectivity index (χ2v) is 5.27. The predicted molar refractivity (Wildman–Crippen MR) is 77.1 cm³/mol. The van der Waals surface area contributed by atoms with Crippen LogP contribution in [0.15, 0.2) is 56.1 Å². The number of hydrogen-bond donors (Lipinski definition) is 1. The molecule has 1 atom stereocenters. The molecule has 0 spiro atoms. The molecule has 0 aliphatic carbocycles. The van der Waals surface area contributed by atoms with Crippen molar-refractivity contribution in [2.24, 2.45) is 4.99 Å². The van der Waals surface area contributed by atoms with Crippen molar-refractivity contribution in [2.75, 3.05) is 0 Å². The summed E-state index contributed by atoms with van der Waals surface area (Å²) in [6, 6.07) is 9.32. The van der Waals surface area contributed by atoms with Gasteiger partial charge in [0.15, 0.2) is 0 Å². The summed E-state index contributed by atoms with van der Waals surface area (Å²) in [5.41, 5.74) is 1.56. The van der Waals surface area contributed by atoms with Crippen LogP contribution in [0.3, 0.4) is 0 Å². The first-order valence-corrected chi connectivity index (χ1v) is 6.91. The van der Waals surface area contributed by atoms with Gasteiger partial charge < -0.3 is 4.42 Å². The summed E-state index contributed by atoms with van der Waals surface area (Å²) in [6.45, 7) is 1.84. The Bertz CT molecular complexity index is 726. The van der Waals surface area contributed by atoms with Crippen molar-refractivity contribution < 1.29 is 9.73 Å². The predicted octanol–water partition coefficient (Wildman–Crippen LogP) is 1.67. The Labute approximate surface area is 114 Å². The maximum Gasteiger partial charge on any atom is 0.345 e. The van der Waals surface area contributed by atoms with E-state index in [2.05, 4.69) is 4.99 Å². The van der Waals surface area contributed by atoms with E-state index < -0.39 is 0 Å². The molecule has 0 amide bonds. The summed E-state index contributed by atoms with van der Waals surface area (Å²) < 4.78 is 5.31. The van der Waals surface area contributed by atoms with Crippen molar-refractivity contribution in [3.63, 3.8) is 0 Å². The number of hydrogen-bond acceptors (Lipinski definition) is 4. The molecular formula is C14H13N2O2S+. The quantitative estimate of drug-likeness (QED) is 0.669. The minimum Gasteiger partial charge on any atom is -0.422 e. The molecule has 0 fully saturated rings. The Morgan fingerprint density at radius 3 is 3.05 bits per heavy atom. The number of thioether (sulfide) groups is 1. The molecule has 4 nitrogen and oxygen atoms in total. The van der Waals surface area contributed by atoms with E-state index in [-0.39, 0.29) is 11.1 Å². The highest BCUT2D eigenvalue weighted by atomic mass is 32.2. The van der Waals surface area contributed by atoms with Gasteiger partial charge in [0.25, 0.3) is 0 Å². The molecule has 3 rings (SSSR count). The molecule has 0 unspecified atom stereocenters. The third kappa shape index (κ3) is 2.47. The van der Waals surface area contributed by atoms with Crippen LogP contribution in [-0.2, 0) is 0 Å². The molecule has 96 valence electrons. The lowest BCUT2D eigenvalue weighted by molar-refractivity contribution is -0.596. The average Bonchev–Trinajstić information content (AvgIpc) is 2.90. The van der Waals surface area contributed by atoms with Crippen LogP contribution in [0.4, 0.5) is 0 Å². The highest BCUT2D eigenvalue weighted by molar-refractivity contribution is 8.02. The number of para-hydroxylation sites is 1. The van der Waals surface area contributed by atoms with Crippen molar-refractivity contribution in [3.8, 4) is 0 Å². The molecule has 1 aliphatic rings. The van der Waals surface area contributed by atoms with Crippen molar-refractivity contribution in [1.29, 1.82) is 0 Å². The van der Waals surface area contributed by atoms with E-state index in [1.54, 1.807) is 17.8 Å². The van der Waals surface area contributed by atoms with Gasteiger partial charge in [-0.05, 0) is 30.8 Å². The number of benzene rings is 1. The Kier molecular flexibility index (Phi) is 3.23. The normalized spacial score (nSPS) is 19.2. The summed E-state index contributed by atoms with van der Waals surface area (Å²) in [5.74, 6) is 0. The first-order chi connectivity index (χ1) is 9.24. The average molecular weight is 273 g/mol. The number of aliphatic imine (C=N–C) groups is 1. The molecule has 19 heavy (non-hydrogen) atoms. The lowest BCUT2D eigenvalue weighted by Crippen LogP contribution is -2.81. The number of nitrogens with two attached hydrogens (primary N) is 1. The van der Waals surface area contributed by atoms with Gasteiger partial charge in [-0.15, -0.1) is 0 Å². The summed E-state index contributed by atoms with van der Waals surface area (Å²) in [7, 11) is 0. The lowest BCUT2D eigenvalue weighted by atomic mass is 10.1. The summed E-state index contributed by atoms with van der Waals surface area (Å²) >= 11 is 1.62. The second-order valence-electron chi connectivity index (χ2n) is 4.25. The number of quaternary nitrogens is 1. The zero-order valence-corrected chi connectivity index (χ0v) is 11.2. The molecule has 2 heterocycles. The number of fused-ring (bicyclic) bond motifs is 1. The topological polar surface area (TPSA) is 59.2 Å². The molecule has 1 aromatic carbocycles. The molecule has 1 aliphatic heterocycles. The van der Waals surface area contributed by atoms with Gasteiger partial charge >= 0.3 is 5.63 Å². The van der Waals surface area contributed by atoms with E-state index in [1.807, 2.05) is 48.1 Å². The Morgan fingerprint density at radius 1 is 1.42 bits per heavy atom. The van der Waals surface area contributed by atoms with Crippen molar-refractivity contribution in [2.45, 2.75) is 12.4 Å². The van der Waals surface area contributed by atoms with Crippen LogP contribution < -0.4 is 10.9 Å². The minimum absolute atomic E-state index is 0.0610. The maximum absolute atomic E-state index is 12.0. The van der Waals surface area contributed by atoms with Crippen LogP contribution in [0.25, 0.3) is 11.0 Å². The van der Waals surface area contributed by atoms with Crippen molar-refractivity contribution >= 4 is 28.4 Å². The highest BCUT2D eigenvalue weighted by Crippen LogP contribution is 2.15. The smallest absolute Gasteiger partial charge is 0.345 e. The lowest BCUT2D eigenvalue weighted by Gasteiger charge is -2.04. The van der Waals surface area contributed by atoms with Crippen LogP contribution >= 0.6 is 11.8 Å². The number of rotatable bonds is 2. The molecule has 2 N–H and O–H groups in total. The highest BCUT2D eigenvalue weighted by Gasteiger charge is 2.15. The van der Waals surface area contributed by atoms with Gasteiger partial charge in [-0.25, -0.2) is 9.79 Å². The van der Waals surface area contributed by atoms with Gasteiger partial charge in [0, 0.05) is 10.8 Å². The summed E-state index contributed by atoms with van der Waals surface area (Å²) in [4.78, 5) is 16.5. The Hall–Kier alpha value is -1.85. The number of nitrogens with zero attached hydrogens (tertiary/aromatic N) is 1. The molecule has 0 radical (unpaired) electrons. The van der Waals surface area contributed by atoms with Crippen molar-refractivity contribution in [1.82, 2.24) is 0 Å². The second kappa shape index (κ2) is 5.03. The Morgan fingerprint density at radius 2 is 2.26 bits per heavy atom. The standard InChI is InChI=1S/C14H12N2O2S/c1-9(16-14-15-6-7-19-14)11-8-10-4-2-3-5-12(10)18-13(11)17/h2-8,14-15H,1H3/p+1/t14-/m0/s1. The SMILES string of the molecule is CC(=N[C@@H]1[NH2+]C=CS1)c1cc2ccccc2oc1=O. The summed E-state index contributed by atoms with van der Waals surface area (Å²) in [6.07, 6.45) is 1.97. The third-order valence-electron chi connectivity index (χ3n) is 2.92. The molecular weight excluding hydrogens is 260 g/mol. The van der Waals surface area contributed by atoms with Crippen molar-refractivity contribution in [3.05, 3.63) is 57.9 Å². The first kappa shape index (κ1) is 12.2. The molecule has 0 saturated heterocycles. The monoisotopic (exact) mass is 273 g/mol. The van der Waals surface area contributed by atoms with Gasteiger partial charge in [-0.2, -0.15) is 0 Å². The zero-order valence-electron chi connectivity index (χ0n) is 10.4. The van der Waals surface area contributed by atoms with Gasteiger partial charge in [0.1, 0.15) is 11.8 Å². The Balaban J connectivity index is 2.04. The van der Waals surface area contributed by atoms with E-state index in [0.717, 1.165) is 5.39 Å². The molecule has 0 saturated carbocycles. The third-order valence-corrected chi connectivity index (χ3v) is 3.78. The van der Waals surface area contributed by atoms with Crippen LogP contribution in [0.5, 0.6) is 0 Å². The fourth-order valence-corrected chi connectivity index (χ4v) is 2.70. The van der Waals surface area contributed by atoms with Gasteiger partial charge in [-0.1, -0.05) is 18.2 Å². The molecule has 2 aromatic rings. The van der Waals surface area contributed by atoms with Crippen LogP contribution in [0.2, 0.25) is 0 Å². The van der Waals surface area contributed by atoms with Gasteiger partial charge in [0.05, 0.1) is 11.3 Å². The summed E-state index contributed by atoms with van der Waals surface area (Å²) in [5, 5.41) is 4.90. The van der Waals surface area contributed by atoms with Gasteiger partial charge in [0.2, 0.25) is 5.50 Å². The van der Waals surface area contributed by atoms with E-state index in [1.165, 1.54) is 0 Å². The fourth-order valence-electron chi connectivity index (χ4n) is 1.96. The fraction of sp³-hybridized carbons (Fsp3) is 0.143. The van der Waals surface area contributed by atoms with E-state index >= 15 is 0 Å². The van der Waals surface area contributed by atoms with E-state index in [4.69, 9.17) is 4.42 Å². The maximum atomic E-state index is 12.0. The molecule has 1 aromatic heterocycles. The zero-order chi connectivity index (χ0) is 13.2. The molecule has 5 heteroatoms. The minimum atomic E-state index is -0.337. The van der Waals surface area contributed by atoms with Crippen LogP contribution in [0.1, 0.15) is 12.5 Å².